The predicted octanol–water partition coefficient (Wildman–Crippen LogP) is 2.57. The molecule has 1 aromatic carbocycles. The van der Waals surface area contributed by atoms with Crippen molar-refractivity contribution in [3.63, 3.8) is 0 Å². The van der Waals surface area contributed by atoms with E-state index in [1.807, 2.05) is 43.5 Å². The molecule has 0 unspecified atom stereocenters. The topological polar surface area (TPSA) is 80.8 Å². The number of carbonyl (C=O) groups excluding carboxylic acids is 1. The highest BCUT2D eigenvalue weighted by Gasteiger charge is 2.16. The quantitative estimate of drug-likeness (QED) is 0.324. The highest BCUT2D eigenvalue weighted by molar-refractivity contribution is 6.06. The van der Waals surface area contributed by atoms with E-state index in [0.717, 1.165) is 22.8 Å². The van der Waals surface area contributed by atoms with E-state index in [1.54, 1.807) is 36.5 Å². The van der Waals surface area contributed by atoms with Crippen LogP contribution in [0.4, 0.5) is 5.69 Å². The summed E-state index contributed by atoms with van der Waals surface area (Å²) in [5.41, 5.74) is 9.62. The summed E-state index contributed by atoms with van der Waals surface area (Å²) in [5.74, 6) is -0.219. The van der Waals surface area contributed by atoms with Crippen molar-refractivity contribution < 1.29 is 4.79 Å². The fourth-order valence-electron chi connectivity index (χ4n) is 2.34. The van der Waals surface area contributed by atoms with Crippen LogP contribution in [0, 0.1) is 0 Å². The second-order valence-electron chi connectivity index (χ2n) is 5.59. The third-order valence-corrected chi connectivity index (χ3v) is 3.68. The normalized spacial score (nSPS) is 15.0. The number of carbonyl (C=O) groups is 1. The zero-order valence-electron chi connectivity index (χ0n) is 15.5. The van der Waals surface area contributed by atoms with Gasteiger partial charge in [-0.3, -0.25) is 20.2 Å². The summed E-state index contributed by atoms with van der Waals surface area (Å²) in [6.07, 6.45) is 8.47. The number of hydrogen-bond acceptors (Lipinski definition) is 6. The molecule has 0 spiro atoms. The molecule has 1 aromatic rings. The number of aliphatic imine (C=N–C) groups is 1. The molecule has 0 saturated carbocycles. The van der Waals surface area contributed by atoms with Crippen molar-refractivity contribution in [2.45, 2.75) is 6.92 Å². The minimum absolute atomic E-state index is 0.219. The van der Waals surface area contributed by atoms with Gasteiger partial charge in [0.25, 0.3) is 5.91 Å². The molecule has 0 aliphatic carbocycles. The standard InChI is InChI=1S/C20H24N6O/c1-5-9-16(20(27)23-17-10-7-6-8-11-17)12-15(2)26-14-19(24-25-26)18(22-4)13-21-3/h5-14,22,24-25H,1,3H2,2,4H3,(H,23,27)/b15-12+,16-9+,18-13-. The predicted molar refractivity (Wildman–Crippen MR) is 110 cm³/mol. The summed E-state index contributed by atoms with van der Waals surface area (Å²) in [6, 6.07) is 9.29. The first-order valence-electron chi connectivity index (χ1n) is 8.33. The average molecular weight is 364 g/mol. The second kappa shape index (κ2) is 9.79. The Balaban J connectivity index is 2.18. The molecule has 0 aromatic heterocycles. The van der Waals surface area contributed by atoms with Crippen molar-refractivity contribution in [1.29, 1.82) is 0 Å². The molecule has 7 nitrogen and oxygen atoms in total. The first-order valence-corrected chi connectivity index (χ1v) is 8.33. The van der Waals surface area contributed by atoms with Crippen LogP contribution in [0.3, 0.4) is 0 Å². The van der Waals surface area contributed by atoms with Crippen molar-refractivity contribution in [2.75, 3.05) is 12.4 Å². The van der Waals surface area contributed by atoms with Gasteiger partial charge < -0.3 is 10.6 Å². The van der Waals surface area contributed by atoms with Gasteiger partial charge in [-0.15, -0.1) is 5.53 Å². The third kappa shape index (κ3) is 5.45. The van der Waals surface area contributed by atoms with E-state index in [9.17, 15) is 4.79 Å². The summed E-state index contributed by atoms with van der Waals surface area (Å²) in [4.78, 5) is 16.3. The number of amides is 1. The van der Waals surface area contributed by atoms with Gasteiger partial charge in [0.1, 0.15) is 0 Å². The van der Waals surface area contributed by atoms with E-state index in [4.69, 9.17) is 0 Å². The van der Waals surface area contributed by atoms with Gasteiger partial charge in [-0.25, -0.2) is 0 Å². The lowest BCUT2D eigenvalue weighted by Crippen LogP contribution is -2.36. The number of anilines is 1. The summed E-state index contributed by atoms with van der Waals surface area (Å²) in [5, 5.41) is 7.66. The number of nitrogens with zero attached hydrogens (tertiary/aromatic N) is 2. The molecule has 0 atom stereocenters. The number of hydrazine groups is 2. The lowest BCUT2D eigenvalue weighted by Gasteiger charge is -2.16. The van der Waals surface area contributed by atoms with Crippen LogP contribution in [-0.4, -0.2) is 24.7 Å². The largest absolute Gasteiger partial charge is 0.385 e. The fraction of sp³-hybridized carbons (Fsp3) is 0.100. The minimum atomic E-state index is -0.219. The first kappa shape index (κ1) is 19.7. The highest BCUT2D eigenvalue weighted by Crippen LogP contribution is 2.15. The van der Waals surface area contributed by atoms with Crippen molar-refractivity contribution in [3.8, 4) is 0 Å². The van der Waals surface area contributed by atoms with Gasteiger partial charge >= 0.3 is 0 Å². The number of rotatable bonds is 8. The molecule has 1 heterocycles. The Bertz CT molecular complexity index is 820. The molecule has 4 N–H and O–H groups in total. The number of benzene rings is 1. The number of likely N-dealkylation sites (N-methyl/N-ethyl adjacent to an activating group) is 1. The Labute approximate surface area is 159 Å². The molecule has 2 rings (SSSR count). The number of nitrogens with one attached hydrogen (secondary N) is 4. The SMILES string of the molecule is C=C/C=C(\C=C(/C)N1C=C(/C(=C/N=C)NC)NN1)C(=O)Nc1ccccc1. The van der Waals surface area contributed by atoms with Gasteiger partial charge in [0.05, 0.1) is 17.6 Å². The number of allylic oxidation sites excluding steroid dienone is 3. The summed E-state index contributed by atoms with van der Waals surface area (Å²) < 4.78 is 0. The smallest absolute Gasteiger partial charge is 0.255 e. The van der Waals surface area contributed by atoms with Gasteiger partial charge in [-0.05, 0) is 37.9 Å². The Kier molecular flexibility index (Phi) is 7.16. The maximum absolute atomic E-state index is 12.6. The van der Waals surface area contributed by atoms with E-state index in [-0.39, 0.29) is 5.91 Å². The van der Waals surface area contributed by atoms with Gasteiger partial charge in [-0.1, -0.05) is 30.9 Å². The molecule has 140 valence electrons. The van der Waals surface area contributed by atoms with Crippen molar-refractivity contribution in [2.24, 2.45) is 4.99 Å². The molecular weight excluding hydrogens is 340 g/mol. The molecule has 1 aliphatic heterocycles. The minimum Gasteiger partial charge on any atom is -0.385 e. The van der Waals surface area contributed by atoms with Crippen LogP contribution in [0.15, 0.2) is 95.2 Å². The van der Waals surface area contributed by atoms with Gasteiger partial charge in [0.2, 0.25) is 0 Å². The number of hydrogen-bond donors (Lipinski definition) is 4. The Morgan fingerprint density at radius 3 is 2.67 bits per heavy atom. The van der Waals surface area contributed by atoms with E-state index >= 15 is 0 Å². The fourth-order valence-corrected chi connectivity index (χ4v) is 2.34. The maximum Gasteiger partial charge on any atom is 0.255 e. The molecule has 1 aliphatic rings. The Hall–Kier alpha value is -3.58. The Morgan fingerprint density at radius 2 is 2.04 bits per heavy atom. The van der Waals surface area contributed by atoms with E-state index in [2.05, 4.69) is 39.9 Å². The maximum atomic E-state index is 12.6. The van der Waals surface area contributed by atoms with E-state index in [1.165, 1.54) is 0 Å². The van der Waals surface area contributed by atoms with E-state index < -0.39 is 0 Å². The van der Waals surface area contributed by atoms with Gasteiger partial charge in [-0.2, -0.15) is 0 Å². The van der Waals surface area contributed by atoms with Crippen molar-refractivity contribution in [1.82, 2.24) is 21.3 Å². The van der Waals surface area contributed by atoms with Crippen molar-refractivity contribution >= 4 is 18.3 Å². The zero-order chi connectivity index (χ0) is 19.6. The molecule has 0 fully saturated rings. The molecule has 7 heteroatoms. The number of para-hydroxylation sites is 1. The van der Waals surface area contributed by atoms with Crippen LogP contribution in [0.2, 0.25) is 0 Å². The van der Waals surface area contributed by atoms with Crippen LogP contribution >= 0.6 is 0 Å². The van der Waals surface area contributed by atoms with Crippen LogP contribution in [-0.2, 0) is 4.79 Å². The molecule has 0 radical (unpaired) electrons. The molecule has 27 heavy (non-hydrogen) atoms. The summed E-state index contributed by atoms with van der Waals surface area (Å²) >= 11 is 0. The van der Waals surface area contributed by atoms with Crippen LogP contribution < -0.4 is 21.6 Å². The molecule has 0 bridgehead atoms. The lowest BCUT2D eigenvalue weighted by atomic mass is 10.2. The van der Waals surface area contributed by atoms with Gasteiger partial charge in [0, 0.05) is 30.2 Å². The third-order valence-electron chi connectivity index (χ3n) is 3.68. The van der Waals surface area contributed by atoms with Gasteiger partial charge in [0.15, 0.2) is 0 Å². The monoisotopic (exact) mass is 364 g/mol. The summed E-state index contributed by atoms with van der Waals surface area (Å²) in [6.45, 7) is 9.03. The average Bonchev–Trinajstić information content (AvgIpc) is 3.16. The van der Waals surface area contributed by atoms with Crippen LogP contribution in [0.5, 0.6) is 0 Å². The van der Waals surface area contributed by atoms with Crippen molar-refractivity contribution in [3.05, 3.63) is 90.2 Å². The molecule has 1 amide bonds. The highest BCUT2D eigenvalue weighted by atomic mass is 16.1. The molecular formula is C20H24N6O. The first-order chi connectivity index (χ1) is 13.1. The van der Waals surface area contributed by atoms with Crippen LogP contribution in [0.25, 0.3) is 0 Å². The Morgan fingerprint density at radius 1 is 1.30 bits per heavy atom. The zero-order valence-corrected chi connectivity index (χ0v) is 15.5. The summed E-state index contributed by atoms with van der Waals surface area (Å²) in [7, 11) is 1.80. The second-order valence-corrected chi connectivity index (χ2v) is 5.59. The van der Waals surface area contributed by atoms with Crippen LogP contribution in [0.1, 0.15) is 6.92 Å². The molecule has 0 saturated heterocycles. The van der Waals surface area contributed by atoms with E-state index in [0.29, 0.717) is 5.57 Å². The lowest BCUT2D eigenvalue weighted by molar-refractivity contribution is -0.112.